The molecule has 1 atom stereocenters. The summed E-state index contributed by atoms with van der Waals surface area (Å²) in [5, 5.41) is 0. The summed E-state index contributed by atoms with van der Waals surface area (Å²) in [5.74, 6) is -0.859. The molecule has 1 unspecified atom stereocenters. The van der Waals surface area contributed by atoms with Gasteiger partial charge in [0.15, 0.2) is 11.6 Å². The lowest BCUT2D eigenvalue weighted by atomic mass is 9.98. The molecule has 0 radical (unpaired) electrons. The van der Waals surface area contributed by atoms with Gasteiger partial charge in [0.2, 0.25) is 0 Å². The van der Waals surface area contributed by atoms with Crippen molar-refractivity contribution in [3.05, 3.63) is 0 Å². The highest BCUT2D eigenvalue weighted by atomic mass is 16.2. The van der Waals surface area contributed by atoms with Gasteiger partial charge in [-0.3, -0.25) is 9.59 Å². The molecule has 0 amide bonds. The lowest BCUT2D eigenvalue weighted by molar-refractivity contribution is -0.137. The van der Waals surface area contributed by atoms with Crippen molar-refractivity contribution in [3.8, 4) is 0 Å². The maximum atomic E-state index is 10.6. The van der Waals surface area contributed by atoms with E-state index in [0.29, 0.717) is 19.3 Å². The van der Waals surface area contributed by atoms with E-state index >= 15 is 0 Å². The van der Waals surface area contributed by atoms with Crippen LogP contribution in [-0.2, 0) is 9.59 Å². The first-order valence-electron chi connectivity index (χ1n) is 3.29. The van der Waals surface area contributed by atoms with Crippen molar-refractivity contribution in [2.24, 2.45) is 0 Å². The normalized spacial score (nSPS) is 32.5. The average Bonchev–Trinajstić information content (AvgIpc) is 1.83. The van der Waals surface area contributed by atoms with Crippen LogP contribution in [0.1, 0.15) is 27.0 Å². The fourth-order valence-electron chi connectivity index (χ4n) is 0.733. The van der Waals surface area contributed by atoms with Gasteiger partial charge in [-0.1, -0.05) is 0 Å². The monoisotopic (exact) mass is 113 g/mol. The molecule has 2 heteroatoms. The van der Waals surface area contributed by atoms with Gasteiger partial charge in [-0.05, 0) is 12.8 Å². The highest BCUT2D eigenvalue weighted by Crippen LogP contribution is 2.09. The number of rotatable bonds is 0. The van der Waals surface area contributed by atoms with Crippen LogP contribution in [-0.4, -0.2) is 11.6 Å². The summed E-state index contributed by atoms with van der Waals surface area (Å²) in [5.41, 5.74) is 0. The van der Waals surface area contributed by atoms with Crippen molar-refractivity contribution in [2.45, 2.75) is 25.7 Å². The third-order valence-corrected chi connectivity index (χ3v) is 1.21. The molecule has 1 rings (SSSR count). The molecular formula is C6H8O2. The zero-order valence-corrected chi connectivity index (χ0v) is 4.52. The zero-order valence-electron chi connectivity index (χ0n) is 5.52. The molecule has 0 aliphatic heterocycles. The minimum atomic E-state index is -0.758. The molecule has 44 valence electrons. The summed E-state index contributed by atoms with van der Waals surface area (Å²) >= 11 is 0. The maximum Gasteiger partial charge on any atom is 0.198 e. The van der Waals surface area contributed by atoms with Crippen LogP contribution in [0.4, 0.5) is 0 Å². The molecule has 0 saturated heterocycles. The third-order valence-electron chi connectivity index (χ3n) is 1.21. The molecule has 0 aromatic carbocycles. The van der Waals surface area contributed by atoms with Crippen molar-refractivity contribution < 1.29 is 11.0 Å². The van der Waals surface area contributed by atoms with E-state index in [-0.39, 0.29) is 5.78 Å². The van der Waals surface area contributed by atoms with E-state index in [1.807, 2.05) is 0 Å². The van der Waals surface area contributed by atoms with Crippen LogP contribution in [0.2, 0.25) is 0 Å². The smallest absolute Gasteiger partial charge is 0.198 e. The van der Waals surface area contributed by atoms with E-state index in [9.17, 15) is 9.59 Å². The first kappa shape index (κ1) is 4.24. The number of carbonyl (C=O) groups is 2. The van der Waals surface area contributed by atoms with Gasteiger partial charge in [0.25, 0.3) is 0 Å². The molecule has 1 aliphatic carbocycles. The Morgan fingerprint density at radius 2 is 2.00 bits per heavy atom. The van der Waals surface area contributed by atoms with Gasteiger partial charge in [-0.15, -0.1) is 0 Å². The van der Waals surface area contributed by atoms with Crippen LogP contribution in [0.15, 0.2) is 0 Å². The van der Waals surface area contributed by atoms with E-state index in [1.165, 1.54) is 0 Å². The standard InChI is InChI=1S/C6H8O2/c7-5-3-1-2-4-6(5)8/h1-4H2/i3D. The second kappa shape index (κ2) is 2.07. The summed E-state index contributed by atoms with van der Waals surface area (Å²) in [4.78, 5) is 21.1. The molecule has 0 aromatic heterocycles. The molecule has 0 heterocycles. The number of Topliss-reactive ketones (excluding diaryl/α,β-unsaturated/α-hetero) is 2. The average molecular weight is 113 g/mol. The highest BCUT2D eigenvalue weighted by Gasteiger charge is 2.16. The summed E-state index contributed by atoms with van der Waals surface area (Å²) in [6, 6.07) is 0. The molecule has 0 N–H and O–H groups in total. The van der Waals surface area contributed by atoms with Crippen LogP contribution in [0.5, 0.6) is 0 Å². The summed E-state index contributed by atoms with van der Waals surface area (Å²) in [6.07, 6.45) is 0.864. The van der Waals surface area contributed by atoms with Crippen molar-refractivity contribution in [2.75, 3.05) is 0 Å². The van der Waals surface area contributed by atoms with Crippen molar-refractivity contribution in [1.29, 1.82) is 0 Å². The lowest BCUT2D eigenvalue weighted by Crippen LogP contribution is -2.17. The molecule has 1 fully saturated rings. The van der Waals surface area contributed by atoms with Crippen LogP contribution in [0.25, 0.3) is 0 Å². The summed E-state index contributed by atoms with van der Waals surface area (Å²) in [7, 11) is 0. The van der Waals surface area contributed by atoms with Crippen molar-refractivity contribution in [1.82, 2.24) is 0 Å². The molecule has 1 saturated carbocycles. The van der Waals surface area contributed by atoms with Gasteiger partial charge in [0, 0.05) is 14.2 Å². The Morgan fingerprint density at radius 3 is 2.50 bits per heavy atom. The maximum absolute atomic E-state index is 10.6. The van der Waals surface area contributed by atoms with E-state index in [0.717, 1.165) is 0 Å². The summed E-state index contributed by atoms with van der Waals surface area (Å²) in [6.45, 7) is 0. The molecule has 8 heavy (non-hydrogen) atoms. The Bertz CT molecular complexity index is 153. The number of ketones is 2. The Hall–Kier alpha value is -0.660. The highest BCUT2D eigenvalue weighted by molar-refractivity contribution is 6.37. The Kier molecular flexibility index (Phi) is 1.10. The predicted molar refractivity (Wildman–Crippen MR) is 28.5 cm³/mol. The van der Waals surface area contributed by atoms with E-state index in [4.69, 9.17) is 1.37 Å². The molecule has 0 aromatic rings. The van der Waals surface area contributed by atoms with E-state index in [1.54, 1.807) is 0 Å². The molecule has 2 nitrogen and oxygen atoms in total. The second-order valence-electron chi connectivity index (χ2n) is 1.88. The van der Waals surface area contributed by atoms with Crippen LogP contribution < -0.4 is 0 Å². The fraction of sp³-hybridized carbons (Fsp3) is 0.667. The van der Waals surface area contributed by atoms with Crippen molar-refractivity contribution in [3.63, 3.8) is 0 Å². The molecule has 1 aliphatic rings. The number of hydrogen-bond donors (Lipinski definition) is 0. The van der Waals surface area contributed by atoms with Gasteiger partial charge in [-0.25, -0.2) is 0 Å². The van der Waals surface area contributed by atoms with Gasteiger partial charge >= 0.3 is 0 Å². The Labute approximate surface area is 49.3 Å². The van der Waals surface area contributed by atoms with Gasteiger partial charge in [-0.2, -0.15) is 0 Å². The van der Waals surface area contributed by atoms with E-state index in [2.05, 4.69) is 0 Å². The Morgan fingerprint density at radius 1 is 1.25 bits per heavy atom. The Balaban J connectivity index is 2.62. The SMILES string of the molecule is [2H]C1CCCC(=O)C1=O. The molecular weight excluding hydrogens is 104 g/mol. The number of carbonyl (C=O) groups excluding carboxylic acids is 2. The molecule has 0 bridgehead atoms. The lowest BCUT2D eigenvalue weighted by Gasteiger charge is -2.04. The summed E-state index contributed by atoms with van der Waals surface area (Å²) < 4.78 is 7.04. The first-order valence-corrected chi connectivity index (χ1v) is 2.71. The predicted octanol–water partition coefficient (Wildman–Crippen LogP) is 0.699. The van der Waals surface area contributed by atoms with Gasteiger partial charge < -0.3 is 0 Å². The quantitative estimate of drug-likeness (QED) is 0.433. The minimum Gasteiger partial charge on any atom is -0.291 e. The largest absolute Gasteiger partial charge is 0.291 e. The third kappa shape index (κ3) is 0.941. The number of hydrogen-bond acceptors (Lipinski definition) is 2. The first-order chi connectivity index (χ1) is 4.22. The topological polar surface area (TPSA) is 34.1 Å². The van der Waals surface area contributed by atoms with Gasteiger partial charge in [0.05, 0.1) is 0 Å². The van der Waals surface area contributed by atoms with Gasteiger partial charge in [0.1, 0.15) is 0 Å². The van der Waals surface area contributed by atoms with Crippen LogP contribution >= 0.6 is 0 Å². The van der Waals surface area contributed by atoms with Crippen molar-refractivity contribution >= 4 is 11.6 Å². The fourth-order valence-corrected chi connectivity index (χ4v) is 0.733. The minimum absolute atomic E-state index is 0.355. The van der Waals surface area contributed by atoms with Crippen LogP contribution in [0, 0.1) is 0 Å². The zero-order chi connectivity index (χ0) is 6.85. The molecule has 0 spiro atoms. The van der Waals surface area contributed by atoms with Crippen LogP contribution in [0.3, 0.4) is 0 Å². The van der Waals surface area contributed by atoms with E-state index < -0.39 is 12.2 Å². The second-order valence-corrected chi connectivity index (χ2v) is 1.88.